The van der Waals surface area contributed by atoms with Crippen molar-refractivity contribution in [1.29, 1.82) is 0 Å². The van der Waals surface area contributed by atoms with Gasteiger partial charge in [-0.3, -0.25) is 0 Å². The molecule has 1 heterocycles. The van der Waals surface area contributed by atoms with Gasteiger partial charge in [0, 0.05) is 5.56 Å². The molecule has 1 aromatic carbocycles. The summed E-state index contributed by atoms with van der Waals surface area (Å²) < 4.78 is 43.2. The predicted molar refractivity (Wildman–Crippen MR) is 144 cm³/mol. The minimum absolute atomic E-state index is 0.114. The van der Waals surface area contributed by atoms with Crippen molar-refractivity contribution < 1.29 is 23.4 Å². The first kappa shape index (κ1) is 27.0. The third-order valence-corrected chi connectivity index (χ3v) is 13.3. The molecule has 1 aromatic heterocycles. The molecule has 4 fully saturated rings. The molecule has 0 aliphatic heterocycles. The molecule has 2 N–H and O–H groups in total. The van der Waals surface area contributed by atoms with E-state index in [0.717, 1.165) is 62.7 Å². The SMILES string of the molecule is Cc1c(F)c(F)c2nc(CCC(C)[C@H]3CC[C@H]4[C@@H]5[C@H](O)C[C@@H]6C[C@H](O)CC[C@]6(C)[C@H]5CC[C@]34C)sc2c1F. The smallest absolute Gasteiger partial charge is 0.186 e. The second kappa shape index (κ2) is 9.44. The molecule has 0 radical (unpaired) electrons. The lowest BCUT2D eigenvalue weighted by atomic mass is 9.43. The van der Waals surface area contributed by atoms with E-state index in [9.17, 15) is 23.4 Å². The van der Waals surface area contributed by atoms with Gasteiger partial charge in [0.05, 0.1) is 21.9 Å². The Morgan fingerprint density at radius 3 is 2.42 bits per heavy atom. The summed E-state index contributed by atoms with van der Waals surface area (Å²) in [7, 11) is 0. The lowest BCUT2D eigenvalue weighted by Crippen LogP contribution is -2.58. The van der Waals surface area contributed by atoms with Crippen molar-refractivity contribution in [3.8, 4) is 0 Å². The molecule has 0 spiro atoms. The highest BCUT2D eigenvalue weighted by Crippen LogP contribution is 2.68. The molecule has 4 saturated carbocycles. The van der Waals surface area contributed by atoms with Crippen molar-refractivity contribution in [2.24, 2.45) is 46.3 Å². The number of rotatable bonds is 4. The number of hydrogen-bond acceptors (Lipinski definition) is 4. The molecular formula is C31H42F3NO2S. The second-order valence-corrected chi connectivity index (χ2v) is 14.9. The molecule has 4 aliphatic rings. The number of nitrogens with zero attached hydrogens (tertiary/aromatic N) is 1. The van der Waals surface area contributed by atoms with Crippen LogP contribution < -0.4 is 0 Å². The zero-order valence-electron chi connectivity index (χ0n) is 23.1. The van der Waals surface area contributed by atoms with Crippen molar-refractivity contribution in [3.05, 3.63) is 28.0 Å². The third-order valence-electron chi connectivity index (χ3n) is 12.2. The molecule has 2 aromatic rings. The number of aliphatic hydroxyl groups excluding tert-OH is 2. The summed E-state index contributed by atoms with van der Waals surface area (Å²) in [6, 6.07) is 0. The topological polar surface area (TPSA) is 53.4 Å². The highest BCUT2D eigenvalue weighted by Gasteiger charge is 2.62. The maximum absolute atomic E-state index is 14.6. The van der Waals surface area contributed by atoms with E-state index in [1.54, 1.807) is 0 Å². The Morgan fingerprint density at radius 1 is 0.947 bits per heavy atom. The average Bonchev–Trinajstić information content (AvgIpc) is 3.47. The molecule has 0 saturated heterocycles. The van der Waals surface area contributed by atoms with Gasteiger partial charge in [-0.15, -0.1) is 11.3 Å². The molecule has 6 rings (SSSR count). The van der Waals surface area contributed by atoms with Gasteiger partial charge < -0.3 is 10.2 Å². The Balaban J connectivity index is 1.18. The Morgan fingerprint density at radius 2 is 1.66 bits per heavy atom. The zero-order chi connectivity index (χ0) is 27.1. The third kappa shape index (κ3) is 3.92. The van der Waals surface area contributed by atoms with Gasteiger partial charge in [-0.2, -0.15) is 0 Å². The summed E-state index contributed by atoms with van der Waals surface area (Å²) in [5.41, 5.74) is -0.0552. The standard InChI is InChI=1S/C31H42F3NO2S/c1-15(5-8-23-35-28-27(34)25(32)16(2)26(33)29(28)38-23)19-6-7-20-24-21(10-12-31(19,20)4)30(3)11-9-18(36)13-17(30)14-22(24)37/h15,17-22,24,36-37H,5-14H2,1-4H3/t15?,17-,18+,19+,20-,21-,22+,24-,30-,31+/m0/s1. The zero-order valence-corrected chi connectivity index (χ0v) is 23.9. The van der Waals surface area contributed by atoms with Crippen LogP contribution in [0.25, 0.3) is 10.2 Å². The molecule has 3 nitrogen and oxygen atoms in total. The summed E-state index contributed by atoms with van der Waals surface area (Å²) in [6.45, 7) is 8.48. The minimum atomic E-state index is -1.14. The van der Waals surface area contributed by atoms with Gasteiger partial charge >= 0.3 is 0 Å². The van der Waals surface area contributed by atoms with Gasteiger partial charge in [0.2, 0.25) is 0 Å². The predicted octanol–water partition coefficient (Wildman–Crippen LogP) is 7.58. The van der Waals surface area contributed by atoms with E-state index < -0.39 is 17.5 Å². The summed E-state index contributed by atoms with van der Waals surface area (Å²) >= 11 is 1.15. The highest BCUT2D eigenvalue weighted by molar-refractivity contribution is 7.18. The number of thiazole rings is 1. The average molecular weight is 550 g/mol. The number of fused-ring (bicyclic) bond motifs is 6. The lowest BCUT2D eigenvalue weighted by molar-refractivity contribution is -0.174. The molecule has 0 amide bonds. The number of benzene rings is 1. The van der Waals surface area contributed by atoms with Crippen molar-refractivity contribution in [2.75, 3.05) is 0 Å². The molecule has 0 bridgehead atoms. The van der Waals surface area contributed by atoms with Crippen LogP contribution in [-0.2, 0) is 6.42 Å². The quantitative estimate of drug-likeness (QED) is 0.387. The van der Waals surface area contributed by atoms with Crippen molar-refractivity contribution >= 4 is 21.6 Å². The van der Waals surface area contributed by atoms with E-state index in [0.29, 0.717) is 46.9 Å². The summed E-state index contributed by atoms with van der Waals surface area (Å²) in [5, 5.41) is 22.4. The van der Waals surface area contributed by atoms with Gasteiger partial charge in [-0.05, 0) is 117 Å². The summed E-state index contributed by atoms with van der Waals surface area (Å²) in [4.78, 5) is 4.30. The minimum Gasteiger partial charge on any atom is -0.393 e. The van der Waals surface area contributed by atoms with Crippen LogP contribution in [0.5, 0.6) is 0 Å². The van der Waals surface area contributed by atoms with E-state index in [1.165, 1.54) is 13.3 Å². The fourth-order valence-electron chi connectivity index (χ4n) is 10.0. The normalized spacial score (nSPS) is 41.6. The number of aliphatic hydroxyl groups is 2. The van der Waals surface area contributed by atoms with Crippen LogP contribution in [0, 0.1) is 70.7 Å². The first-order valence-corrected chi connectivity index (χ1v) is 15.6. The van der Waals surface area contributed by atoms with Crippen LogP contribution in [-0.4, -0.2) is 27.4 Å². The molecule has 1 unspecified atom stereocenters. The molecule has 210 valence electrons. The lowest BCUT2D eigenvalue weighted by Gasteiger charge is -2.62. The van der Waals surface area contributed by atoms with Gasteiger partial charge in [-0.25, -0.2) is 18.2 Å². The van der Waals surface area contributed by atoms with E-state index in [2.05, 4.69) is 25.8 Å². The van der Waals surface area contributed by atoms with Crippen LogP contribution in [0.4, 0.5) is 13.2 Å². The molecule has 7 heteroatoms. The molecule has 38 heavy (non-hydrogen) atoms. The van der Waals surface area contributed by atoms with Crippen LogP contribution >= 0.6 is 11.3 Å². The summed E-state index contributed by atoms with van der Waals surface area (Å²) in [5.74, 6) is -0.107. The Kier molecular flexibility index (Phi) is 6.71. The van der Waals surface area contributed by atoms with Crippen LogP contribution in [0.3, 0.4) is 0 Å². The van der Waals surface area contributed by atoms with E-state index in [-0.39, 0.29) is 38.8 Å². The van der Waals surface area contributed by atoms with Gasteiger partial charge in [0.15, 0.2) is 11.6 Å². The maximum Gasteiger partial charge on any atom is 0.186 e. The van der Waals surface area contributed by atoms with Crippen molar-refractivity contribution in [1.82, 2.24) is 4.98 Å². The van der Waals surface area contributed by atoms with E-state index >= 15 is 0 Å². The van der Waals surface area contributed by atoms with Crippen LogP contribution in [0.15, 0.2) is 0 Å². The fourth-order valence-corrected chi connectivity index (χ4v) is 11.1. The second-order valence-electron chi connectivity index (χ2n) is 13.8. The Bertz CT molecular complexity index is 1190. The van der Waals surface area contributed by atoms with Gasteiger partial charge in [0.25, 0.3) is 0 Å². The first-order chi connectivity index (χ1) is 18.0. The molecule has 4 aliphatic carbocycles. The number of aryl methyl sites for hydroxylation is 1. The van der Waals surface area contributed by atoms with Crippen LogP contribution in [0.2, 0.25) is 0 Å². The Hall–Kier alpha value is -1.18. The molecular weight excluding hydrogens is 507 g/mol. The monoisotopic (exact) mass is 549 g/mol. The molecule has 10 atom stereocenters. The van der Waals surface area contributed by atoms with Gasteiger partial charge in [-0.1, -0.05) is 20.8 Å². The Labute approximate surface area is 228 Å². The number of halogens is 3. The van der Waals surface area contributed by atoms with Crippen molar-refractivity contribution in [2.45, 2.75) is 104 Å². The van der Waals surface area contributed by atoms with E-state index in [4.69, 9.17) is 0 Å². The first-order valence-electron chi connectivity index (χ1n) is 14.7. The van der Waals surface area contributed by atoms with Crippen LogP contribution in [0.1, 0.15) is 89.1 Å². The van der Waals surface area contributed by atoms with Gasteiger partial charge in [0.1, 0.15) is 11.3 Å². The highest BCUT2D eigenvalue weighted by atomic mass is 32.1. The number of hydrogen-bond donors (Lipinski definition) is 2. The fraction of sp³-hybridized carbons (Fsp3) is 0.774. The number of aromatic nitrogens is 1. The maximum atomic E-state index is 14.6. The largest absolute Gasteiger partial charge is 0.393 e. The summed E-state index contributed by atoms with van der Waals surface area (Å²) in [6.07, 6.45) is 9.30. The van der Waals surface area contributed by atoms with E-state index in [1.807, 2.05) is 0 Å². The van der Waals surface area contributed by atoms with Crippen molar-refractivity contribution in [3.63, 3.8) is 0 Å².